The highest BCUT2D eigenvalue weighted by Gasteiger charge is 1.96. The number of rotatable bonds is 3. The second-order valence-corrected chi connectivity index (χ2v) is 8.70. The van der Waals surface area contributed by atoms with E-state index in [0.717, 1.165) is 0 Å². The van der Waals surface area contributed by atoms with Crippen molar-refractivity contribution in [3.8, 4) is 0 Å². The highest BCUT2D eigenvalue weighted by atomic mass is 14.0. The van der Waals surface area contributed by atoms with Crippen LogP contribution >= 0.6 is 0 Å². The van der Waals surface area contributed by atoms with Crippen molar-refractivity contribution in [1.29, 1.82) is 0 Å². The van der Waals surface area contributed by atoms with Gasteiger partial charge < -0.3 is 0 Å². The van der Waals surface area contributed by atoms with Crippen LogP contribution in [0.25, 0.3) is 0 Å². The van der Waals surface area contributed by atoms with Crippen LogP contribution in [0, 0.1) is 13.8 Å². The molecule has 0 heteroatoms. The molecule has 3 aromatic carbocycles. The quantitative estimate of drug-likeness (QED) is 0.407. The minimum atomic E-state index is 0. The maximum absolute atomic E-state index is 2.21. The van der Waals surface area contributed by atoms with Crippen molar-refractivity contribution in [2.24, 2.45) is 0 Å². The fourth-order valence-corrected chi connectivity index (χ4v) is 2.74. The van der Waals surface area contributed by atoms with E-state index in [0.29, 0.717) is 17.8 Å². The zero-order valence-electron chi connectivity index (χ0n) is 19.7. The van der Waals surface area contributed by atoms with E-state index in [1.807, 2.05) is 6.07 Å². The van der Waals surface area contributed by atoms with Gasteiger partial charge in [-0.05, 0) is 48.3 Å². The van der Waals surface area contributed by atoms with Crippen LogP contribution in [0.3, 0.4) is 0 Å². The van der Waals surface area contributed by atoms with Crippen LogP contribution in [-0.2, 0) is 0 Å². The Morgan fingerprint density at radius 2 is 0.667 bits per heavy atom. The van der Waals surface area contributed by atoms with E-state index in [1.54, 1.807) is 0 Å². The molecule has 0 aliphatic rings. The number of aryl methyl sites for hydroxylation is 2. The molecule has 0 saturated carbocycles. The second-order valence-electron chi connectivity index (χ2n) is 8.70. The largest absolute Gasteiger partial charge is 0.0776 e. The topological polar surface area (TPSA) is 0 Å². The summed E-state index contributed by atoms with van der Waals surface area (Å²) in [5, 5.41) is 0. The van der Waals surface area contributed by atoms with Crippen LogP contribution in [0.4, 0.5) is 0 Å². The van der Waals surface area contributed by atoms with E-state index in [1.165, 1.54) is 27.8 Å². The molecule has 0 radical (unpaired) electrons. The summed E-state index contributed by atoms with van der Waals surface area (Å²) in [6.45, 7) is 17.5. The van der Waals surface area contributed by atoms with Crippen molar-refractivity contribution in [2.75, 3.05) is 0 Å². The summed E-state index contributed by atoms with van der Waals surface area (Å²) in [5.74, 6) is 1.97. The van der Waals surface area contributed by atoms with Crippen LogP contribution < -0.4 is 0 Å². The molecule has 30 heavy (non-hydrogen) atoms. The molecule has 0 fully saturated rings. The average Bonchev–Trinajstić information content (AvgIpc) is 2.70. The van der Waals surface area contributed by atoms with Gasteiger partial charge in [-0.3, -0.25) is 0 Å². The van der Waals surface area contributed by atoms with Gasteiger partial charge in [-0.2, -0.15) is 0 Å². The first-order chi connectivity index (χ1) is 13.7. The van der Waals surface area contributed by atoms with Crippen LogP contribution in [0.2, 0.25) is 0 Å². The van der Waals surface area contributed by atoms with Gasteiger partial charge in [-0.1, -0.05) is 139 Å². The van der Waals surface area contributed by atoms with Gasteiger partial charge in [0.25, 0.3) is 0 Å². The number of benzene rings is 3. The van der Waals surface area contributed by atoms with Crippen LogP contribution in [0.15, 0.2) is 78.9 Å². The molecule has 0 unspecified atom stereocenters. The summed E-state index contributed by atoms with van der Waals surface area (Å²) >= 11 is 0. The lowest BCUT2D eigenvalue weighted by atomic mass is 10.0. The molecule has 0 saturated heterocycles. The fraction of sp³-hybridized carbons (Fsp3) is 0.400. The van der Waals surface area contributed by atoms with Gasteiger partial charge >= 0.3 is 0 Å². The van der Waals surface area contributed by atoms with Crippen molar-refractivity contribution in [3.05, 3.63) is 107 Å². The van der Waals surface area contributed by atoms with Gasteiger partial charge in [0.1, 0.15) is 0 Å². The molecule has 164 valence electrons. The molecule has 0 spiro atoms. The molecule has 0 bridgehead atoms. The minimum absolute atomic E-state index is 0. The van der Waals surface area contributed by atoms with E-state index in [9.17, 15) is 0 Å². The molecule has 0 aromatic heterocycles. The summed E-state index contributed by atoms with van der Waals surface area (Å²) in [7, 11) is 0. The Morgan fingerprint density at radius 1 is 0.400 bits per heavy atom. The summed E-state index contributed by atoms with van der Waals surface area (Å²) in [5.41, 5.74) is 6.93. The van der Waals surface area contributed by atoms with Gasteiger partial charge in [0.2, 0.25) is 0 Å². The Morgan fingerprint density at radius 3 is 0.900 bits per heavy atom. The average molecular weight is 405 g/mol. The standard InChI is InChI=1S/2C10H14.C9H12.CH4/c2*1-8(2)10-6-4-9(3)5-7-10;1-8(2)9-6-4-3-5-7-9;/h2*4-8H,1-3H3;3-8H,1-2H3;1H4. The Kier molecular flexibility index (Phi) is 13.5. The van der Waals surface area contributed by atoms with E-state index in [4.69, 9.17) is 0 Å². The molecule has 3 aromatic rings. The van der Waals surface area contributed by atoms with Crippen molar-refractivity contribution in [1.82, 2.24) is 0 Å². The first-order valence-corrected chi connectivity index (χ1v) is 10.9. The third-order valence-electron chi connectivity index (χ3n) is 4.95. The van der Waals surface area contributed by atoms with Crippen LogP contribution in [-0.4, -0.2) is 0 Å². The Labute approximate surface area is 187 Å². The van der Waals surface area contributed by atoms with Crippen LogP contribution in [0.5, 0.6) is 0 Å². The maximum Gasteiger partial charge on any atom is -0.0219 e. The van der Waals surface area contributed by atoms with E-state index < -0.39 is 0 Å². The highest BCUT2D eigenvalue weighted by Crippen LogP contribution is 2.14. The fourth-order valence-electron chi connectivity index (χ4n) is 2.74. The van der Waals surface area contributed by atoms with E-state index >= 15 is 0 Å². The normalized spacial score (nSPS) is 9.97. The first kappa shape index (κ1) is 27.7. The molecule has 0 nitrogen and oxygen atoms in total. The van der Waals surface area contributed by atoms with E-state index in [2.05, 4.69) is 128 Å². The summed E-state index contributed by atoms with van der Waals surface area (Å²) in [6.07, 6.45) is 0. The van der Waals surface area contributed by atoms with Crippen molar-refractivity contribution < 1.29 is 0 Å². The smallest absolute Gasteiger partial charge is 0.0219 e. The van der Waals surface area contributed by atoms with Gasteiger partial charge in [-0.25, -0.2) is 0 Å². The molecule has 0 heterocycles. The molecular formula is C30H44. The summed E-state index contributed by atoms with van der Waals surface area (Å²) in [4.78, 5) is 0. The molecule has 3 rings (SSSR count). The molecule has 0 amide bonds. The zero-order valence-corrected chi connectivity index (χ0v) is 19.7. The summed E-state index contributed by atoms with van der Waals surface area (Å²) < 4.78 is 0. The minimum Gasteiger partial charge on any atom is -0.0776 e. The predicted molar refractivity (Wildman–Crippen MR) is 138 cm³/mol. The Balaban J connectivity index is 0.000000414. The number of hydrogen-bond acceptors (Lipinski definition) is 0. The lowest BCUT2D eigenvalue weighted by Gasteiger charge is -2.03. The number of hydrogen-bond donors (Lipinski definition) is 0. The zero-order chi connectivity index (χ0) is 21.8. The summed E-state index contributed by atoms with van der Waals surface area (Å²) in [6, 6.07) is 27.9. The van der Waals surface area contributed by atoms with Crippen molar-refractivity contribution in [3.63, 3.8) is 0 Å². The molecular weight excluding hydrogens is 360 g/mol. The van der Waals surface area contributed by atoms with E-state index in [-0.39, 0.29) is 7.43 Å². The Bertz CT molecular complexity index is 726. The second kappa shape index (κ2) is 14.6. The monoisotopic (exact) mass is 404 g/mol. The molecule has 0 aliphatic carbocycles. The molecule has 0 aliphatic heterocycles. The highest BCUT2D eigenvalue weighted by molar-refractivity contribution is 5.24. The van der Waals surface area contributed by atoms with Gasteiger partial charge in [0, 0.05) is 0 Å². The van der Waals surface area contributed by atoms with Crippen molar-refractivity contribution >= 4 is 0 Å². The SMILES string of the molecule is C.CC(C)c1ccccc1.Cc1ccc(C(C)C)cc1.Cc1ccc(C(C)C)cc1. The van der Waals surface area contributed by atoms with Crippen LogP contribution in [0.1, 0.15) is 94.5 Å². The van der Waals surface area contributed by atoms with Crippen molar-refractivity contribution in [2.45, 2.75) is 80.6 Å². The van der Waals surface area contributed by atoms with Gasteiger partial charge in [0.15, 0.2) is 0 Å². The lowest BCUT2D eigenvalue weighted by molar-refractivity contribution is 0.866. The molecule has 0 atom stereocenters. The van der Waals surface area contributed by atoms with Gasteiger partial charge in [-0.15, -0.1) is 0 Å². The predicted octanol–water partition coefficient (Wildman–Crippen LogP) is 9.68. The van der Waals surface area contributed by atoms with Gasteiger partial charge in [0.05, 0.1) is 0 Å². The molecule has 0 N–H and O–H groups in total. The third-order valence-corrected chi connectivity index (χ3v) is 4.95. The third kappa shape index (κ3) is 11.0. The first-order valence-electron chi connectivity index (χ1n) is 10.9. The Hall–Kier alpha value is -2.34. The maximum atomic E-state index is 2.21. The lowest BCUT2D eigenvalue weighted by Crippen LogP contribution is -1.85.